The van der Waals surface area contributed by atoms with Crippen LogP contribution in [0, 0.1) is 0 Å². The van der Waals surface area contributed by atoms with Gasteiger partial charge in [0.1, 0.15) is 11.8 Å². The van der Waals surface area contributed by atoms with Gasteiger partial charge in [0.2, 0.25) is 5.91 Å². The van der Waals surface area contributed by atoms with E-state index in [0.717, 1.165) is 22.6 Å². The van der Waals surface area contributed by atoms with Crippen LogP contribution >= 0.6 is 11.6 Å². The molecule has 1 unspecified atom stereocenters. The van der Waals surface area contributed by atoms with Crippen LogP contribution < -0.4 is 10.1 Å². The van der Waals surface area contributed by atoms with Crippen LogP contribution in [0.25, 0.3) is 0 Å². The first-order chi connectivity index (χ1) is 16.3. The highest BCUT2D eigenvalue weighted by Crippen LogP contribution is 2.31. The molecule has 176 valence electrons. The van der Waals surface area contributed by atoms with Crippen molar-refractivity contribution in [2.75, 3.05) is 12.4 Å². The van der Waals surface area contributed by atoms with Crippen LogP contribution in [0.1, 0.15) is 67.3 Å². The van der Waals surface area contributed by atoms with E-state index in [1.165, 1.54) is 16.7 Å². The molecule has 4 nitrogen and oxygen atoms in total. The number of methoxy groups -OCH3 is 1. The molecule has 0 saturated carbocycles. The molecule has 0 fully saturated rings. The van der Waals surface area contributed by atoms with Gasteiger partial charge in [-0.25, -0.2) is 0 Å². The zero-order valence-corrected chi connectivity index (χ0v) is 21.1. The molecule has 34 heavy (non-hydrogen) atoms. The summed E-state index contributed by atoms with van der Waals surface area (Å²) in [6, 6.07) is 19.3. The summed E-state index contributed by atoms with van der Waals surface area (Å²) in [6.07, 6.45) is 0.529. The number of benzodiazepines with no additional fused rings is 1. The molecule has 3 aromatic carbocycles. The lowest BCUT2D eigenvalue weighted by atomic mass is 9.89. The number of hydrogen-bond donors (Lipinski definition) is 1. The van der Waals surface area contributed by atoms with Crippen LogP contribution in [0.4, 0.5) is 5.69 Å². The molecule has 3 aromatic rings. The summed E-state index contributed by atoms with van der Waals surface area (Å²) in [5.74, 6) is 1.41. The Hall–Kier alpha value is -3.11. The van der Waals surface area contributed by atoms with Gasteiger partial charge in [-0.05, 0) is 71.0 Å². The first-order valence-electron chi connectivity index (χ1n) is 11.7. The van der Waals surface area contributed by atoms with Gasteiger partial charge in [0.15, 0.2) is 0 Å². The van der Waals surface area contributed by atoms with E-state index in [4.69, 9.17) is 21.3 Å². The van der Waals surface area contributed by atoms with Crippen molar-refractivity contribution < 1.29 is 9.53 Å². The molecule has 0 radical (unpaired) electrons. The number of hydrogen-bond acceptors (Lipinski definition) is 3. The molecule has 1 N–H and O–H groups in total. The largest absolute Gasteiger partial charge is 0.497 e. The van der Waals surface area contributed by atoms with Gasteiger partial charge in [0.05, 0.1) is 18.5 Å². The van der Waals surface area contributed by atoms with Crippen molar-refractivity contribution in [3.8, 4) is 5.75 Å². The van der Waals surface area contributed by atoms with E-state index in [0.29, 0.717) is 29.0 Å². The third-order valence-electron chi connectivity index (χ3n) is 6.31. The van der Waals surface area contributed by atoms with Crippen LogP contribution in [0.15, 0.2) is 65.7 Å². The quantitative estimate of drug-likeness (QED) is 0.418. The third kappa shape index (κ3) is 5.02. The number of nitrogens with zero attached hydrogens (tertiary/aromatic N) is 1. The molecular formula is C29H31ClN2O2. The molecule has 5 heteroatoms. The molecule has 1 aliphatic rings. The van der Waals surface area contributed by atoms with Gasteiger partial charge in [0, 0.05) is 22.6 Å². The maximum atomic E-state index is 13.4. The Morgan fingerprint density at radius 3 is 2.35 bits per heavy atom. The number of rotatable bonds is 6. The minimum Gasteiger partial charge on any atom is -0.497 e. The molecule has 0 saturated heterocycles. The van der Waals surface area contributed by atoms with Gasteiger partial charge in [-0.2, -0.15) is 0 Å². The second-order valence-corrected chi connectivity index (χ2v) is 9.81. The van der Waals surface area contributed by atoms with Crippen molar-refractivity contribution >= 4 is 28.9 Å². The molecule has 0 aromatic heterocycles. The summed E-state index contributed by atoms with van der Waals surface area (Å²) >= 11 is 6.35. The van der Waals surface area contributed by atoms with E-state index in [-0.39, 0.29) is 5.91 Å². The molecule has 1 aliphatic heterocycles. The Morgan fingerprint density at radius 2 is 1.71 bits per heavy atom. The minimum atomic E-state index is -0.566. The molecule has 0 aliphatic carbocycles. The summed E-state index contributed by atoms with van der Waals surface area (Å²) in [6.45, 7) is 8.75. The fourth-order valence-electron chi connectivity index (χ4n) is 4.37. The molecule has 1 heterocycles. The Kier molecular flexibility index (Phi) is 7.08. The Labute approximate surface area is 207 Å². The van der Waals surface area contributed by atoms with Gasteiger partial charge in [-0.1, -0.05) is 57.5 Å². The lowest BCUT2D eigenvalue weighted by Crippen LogP contribution is -2.28. The number of halogens is 1. The highest BCUT2D eigenvalue weighted by atomic mass is 35.5. The summed E-state index contributed by atoms with van der Waals surface area (Å²) in [7, 11) is 1.64. The SMILES string of the molecule is COc1ccc(C2=NC(Cc3cc(C(C)C)ccc3C(C)C)C(=O)Nc3ccc(Cl)cc32)cc1. The summed E-state index contributed by atoms with van der Waals surface area (Å²) < 4.78 is 5.33. The number of amides is 1. The van der Waals surface area contributed by atoms with Gasteiger partial charge < -0.3 is 10.1 Å². The zero-order chi connectivity index (χ0) is 24.4. The van der Waals surface area contributed by atoms with E-state index in [2.05, 4.69) is 51.2 Å². The van der Waals surface area contributed by atoms with Crippen molar-refractivity contribution in [1.82, 2.24) is 0 Å². The number of benzene rings is 3. The fourth-order valence-corrected chi connectivity index (χ4v) is 4.54. The van der Waals surface area contributed by atoms with Gasteiger partial charge >= 0.3 is 0 Å². The average molecular weight is 475 g/mol. The summed E-state index contributed by atoms with van der Waals surface area (Å²) in [5.41, 5.74) is 6.87. The van der Waals surface area contributed by atoms with Crippen LogP contribution in [0.2, 0.25) is 5.02 Å². The number of fused-ring (bicyclic) bond motifs is 1. The lowest BCUT2D eigenvalue weighted by Gasteiger charge is -2.19. The van der Waals surface area contributed by atoms with Crippen molar-refractivity contribution in [2.45, 2.75) is 52.0 Å². The number of nitrogens with one attached hydrogen (secondary N) is 1. The average Bonchev–Trinajstić information content (AvgIpc) is 2.95. The Morgan fingerprint density at radius 1 is 0.971 bits per heavy atom. The normalized spacial score (nSPS) is 15.6. The van der Waals surface area contributed by atoms with E-state index in [9.17, 15) is 4.79 Å². The predicted octanol–water partition coefficient (Wildman–Crippen LogP) is 7.00. The van der Waals surface area contributed by atoms with Crippen LogP contribution in [-0.2, 0) is 11.2 Å². The monoisotopic (exact) mass is 474 g/mol. The second-order valence-electron chi connectivity index (χ2n) is 9.37. The van der Waals surface area contributed by atoms with Gasteiger partial charge in [-0.3, -0.25) is 9.79 Å². The fraction of sp³-hybridized carbons (Fsp3) is 0.310. The topological polar surface area (TPSA) is 50.7 Å². The lowest BCUT2D eigenvalue weighted by molar-refractivity contribution is -0.117. The van der Waals surface area contributed by atoms with Crippen molar-refractivity contribution in [1.29, 1.82) is 0 Å². The van der Waals surface area contributed by atoms with Crippen molar-refractivity contribution in [3.05, 3.63) is 93.5 Å². The highest BCUT2D eigenvalue weighted by Gasteiger charge is 2.27. The van der Waals surface area contributed by atoms with Crippen LogP contribution in [-0.4, -0.2) is 24.8 Å². The number of ether oxygens (including phenoxy) is 1. The molecular weight excluding hydrogens is 444 g/mol. The maximum absolute atomic E-state index is 13.4. The van der Waals surface area contributed by atoms with E-state index < -0.39 is 6.04 Å². The van der Waals surface area contributed by atoms with Crippen LogP contribution in [0.3, 0.4) is 0 Å². The number of aliphatic imine (C=N–C) groups is 1. The predicted molar refractivity (Wildman–Crippen MR) is 141 cm³/mol. The van der Waals surface area contributed by atoms with Crippen molar-refractivity contribution in [2.24, 2.45) is 4.99 Å². The first kappa shape index (κ1) is 24.0. The molecule has 4 rings (SSSR count). The van der Waals surface area contributed by atoms with Crippen molar-refractivity contribution in [3.63, 3.8) is 0 Å². The van der Waals surface area contributed by atoms with Gasteiger partial charge in [-0.15, -0.1) is 0 Å². The maximum Gasteiger partial charge on any atom is 0.249 e. The highest BCUT2D eigenvalue weighted by molar-refractivity contribution is 6.32. The standard InChI is InChI=1S/C29H31ClN2O2/c1-17(2)20-8-12-24(18(3)4)21(14-20)15-27-29(33)32-26-13-9-22(30)16-25(26)28(31-27)19-6-10-23(34-5)11-7-19/h6-14,16-18,27H,15H2,1-5H3,(H,32,33). The van der Waals surface area contributed by atoms with E-state index >= 15 is 0 Å². The molecule has 1 amide bonds. The number of carbonyl (C=O) groups is 1. The Balaban J connectivity index is 1.83. The zero-order valence-electron chi connectivity index (χ0n) is 20.4. The summed E-state index contributed by atoms with van der Waals surface area (Å²) in [5, 5.41) is 3.69. The minimum absolute atomic E-state index is 0.114. The van der Waals surface area contributed by atoms with Gasteiger partial charge in [0.25, 0.3) is 0 Å². The van der Waals surface area contributed by atoms with E-state index in [1.54, 1.807) is 13.2 Å². The number of anilines is 1. The Bertz CT molecular complexity index is 1230. The van der Waals surface area contributed by atoms with Crippen LogP contribution in [0.5, 0.6) is 5.75 Å². The molecule has 0 bridgehead atoms. The first-order valence-corrected chi connectivity index (χ1v) is 12.1. The third-order valence-corrected chi connectivity index (χ3v) is 6.55. The molecule has 1 atom stereocenters. The molecule has 0 spiro atoms. The summed E-state index contributed by atoms with van der Waals surface area (Å²) in [4.78, 5) is 18.4. The number of carbonyl (C=O) groups excluding carboxylic acids is 1. The smallest absolute Gasteiger partial charge is 0.249 e. The van der Waals surface area contributed by atoms with E-state index in [1.807, 2.05) is 36.4 Å². The second kappa shape index (κ2) is 10.0.